The van der Waals surface area contributed by atoms with Crippen LogP contribution in [0.1, 0.15) is 0 Å². The molecule has 1 N–H and O–H groups in total. The molecule has 1 aromatic carbocycles. The quantitative estimate of drug-likeness (QED) is 0.762. The molecule has 20 heavy (non-hydrogen) atoms. The summed E-state index contributed by atoms with van der Waals surface area (Å²) in [5.74, 6) is 0.586. The summed E-state index contributed by atoms with van der Waals surface area (Å²) in [6, 6.07) is 10.8. The molecule has 2 aromatic heterocycles. The van der Waals surface area contributed by atoms with E-state index in [0.29, 0.717) is 21.0 Å². The highest BCUT2D eigenvalue weighted by molar-refractivity contribution is 7.10. The lowest BCUT2D eigenvalue weighted by Crippen LogP contribution is -1.91. The van der Waals surface area contributed by atoms with Crippen LogP contribution in [-0.2, 0) is 0 Å². The van der Waals surface area contributed by atoms with Crippen LogP contribution in [0.4, 0.5) is 10.8 Å². The van der Waals surface area contributed by atoms with Crippen molar-refractivity contribution in [1.29, 1.82) is 0 Å². The van der Waals surface area contributed by atoms with Gasteiger partial charge in [0.25, 0.3) is 0 Å². The molecular weight excluding hydrogens is 315 g/mol. The molecule has 0 saturated heterocycles. The Hall–Kier alpha value is -1.69. The van der Waals surface area contributed by atoms with Crippen molar-refractivity contribution >= 4 is 45.6 Å². The summed E-state index contributed by atoms with van der Waals surface area (Å²) in [5, 5.41) is 4.89. The number of pyridine rings is 1. The van der Waals surface area contributed by atoms with E-state index in [1.807, 2.05) is 18.2 Å². The molecule has 0 bridgehead atoms. The van der Waals surface area contributed by atoms with Crippen LogP contribution in [0.2, 0.25) is 10.0 Å². The maximum Gasteiger partial charge on any atom is 0.207 e. The Morgan fingerprint density at radius 1 is 1.10 bits per heavy atom. The van der Waals surface area contributed by atoms with Crippen LogP contribution in [0.3, 0.4) is 0 Å². The van der Waals surface area contributed by atoms with Crippen LogP contribution in [0.5, 0.6) is 0 Å². The Labute approximate surface area is 129 Å². The molecule has 0 aliphatic rings. The minimum atomic E-state index is 0.534. The number of hydrogen-bond donors (Lipinski definition) is 1. The predicted molar refractivity (Wildman–Crippen MR) is 82.9 cm³/mol. The lowest BCUT2D eigenvalue weighted by molar-refractivity contribution is 1.23. The smallest absolute Gasteiger partial charge is 0.207 e. The van der Waals surface area contributed by atoms with E-state index in [4.69, 9.17) is 23.2 Å². The summed E-state index contributed by atoms with van der Waals surface area (Å²) < 4.78 is 4.27. The first kappa shape index (κ1) is 13.3. The highest BCUT2D eigenvalue weighted by atomic mass is 35.5. The second-order valence-corrected chi connectivity index (χ2v) is 5.48. The molecule has 2 heterocycles. The Kier molecular flexibility index (Phi) is 3.82. The summed E-state index contributed by atoms with van der Waals surface area (Å²) in [6.07, 6.45) is 1.71. The molecule has 7 heteroatoms. The highest BCUT2D eigenvalue weighted by Gasteiger charge is 2.09. The summed E-state index contributed by atoms with van der Waals surface area (Å²) in [5.41, 5.74) is 1.47. The predicted octanol–water partition coefficient (Wildman–Crippen LogP) is 4.65. The first-order valence-corrected chi connectivity index (χ1v) is 7.22. The molecule has 0 unspecified atom stereocenters. The number of benzene rings is 1. The largest absolute Gasteiger partial charge is 0.329 e. The van der Waals surface area contributed by atoms with Gasteiger partial charge in [-0.2, -0.15) is 9.36 Å². The van der Waals surface area contributed by atoms with Gasteiger partial charge >= 0.3 is 0 Å². The number of nitrogens with zero attached hydrogens (tertiary/aromatic N) is 3. The zero-order valence-electron chi connectivity index (χ0n) is 10.0. The van der Waals surface area contributed by atoms with E-state index in [9.17, 15) is 0 Å². The average Bonchev–Trinajstić information content (AvgIpc) is 2.92. The third-order valence-electron chi connectivity index (χ3n) is 2.49. The first-order chi connectivity index (χ1) is 9.72. The third kappa shape index (κ3) is 2.90. The van der Waals surface area contributed by atoms with Gasteiger partial charge in [0.15, 0.2) is 5.82 Å². The minimum absolute atomic E-state index is 0.534. The van der Waals surface area contributed by atoms with Gasteiger partial charge in [0, 0.05) is 22.8 Å². The van der Waals surface area contributed by atoms with Crippen molar-refractivity contribution in [2.45, 2.75) is 0 Å². The monoisotopic (exact) mass is 322 g/mol. The Bertz CT molecular complexity index is 730. The van der Waals surface area contributed by atoms with Crippen molar-refractivity contribution in [2.75, 3.05) is 5.32 Å². The van der Waals surface area contributed by atoms with Gasteiger partial charge in [0.05, 0.1) is 10.7 Å². The molecule has 0 fully saturated rings. The van der Waals surface area contributed by atoms with Crippen LogP contribution in [0.25, 0.3) is 11.5 Å². The van der Waals surface area contributed by atoms with Gasteiger partial charge in [-0.3, -0.25) is 4.98 Å². The number of halogens is 2. The molecule has 0 saturated carbocycles. The second kappa shape index (κ2) is 5.75. The Morgan fingerprint density at radius 2 is 2.00 bits per heavy atom. The van der Waals surface area contributed by atoms with E-state index >= 15 is 0 Å². The SMILES string of the molecule is Clc1ccc(Nc2nc(-c3ccccn3)ns2)c(Cl)c1. The fourth-order valence-corrected chi connectivity index (χ4v) is 2.63. The van der Waals surface area contributed by atoms with Crippen LogP contribution in [0, 0.1) is 0 Å². The zero-order chi connectivity index (χ0) is 13.9. The van der Waals surface area contributed by atoms with Crippen molar-refractivity contribution in [1.82, 2.24) is 14.3 Å². The second-order valence-electron chi connectivity index (χ2n) is 3.89. The maximum atomic E-state index is 6.10. The normalized spacial score (nSPS) is 10.5. The molecule has 0 amide bonds. The van der Waals surface area contributed by atoms with Gasteiger partial charge in [-0.05, 0) is 30.3 Å². The third-order valence-corrected chi connectivity index (χ3v) is 3.67. The van der Waals surface area contributed by atoms with Crippen LogP contribution >= 0.6 is 34.7 Å². The van der Waals surface area contributed by atoms with Gasteiger partial charge in [-0.25, -0.2) is 0 Å². The summed E-state index contributed by atoms with van der Waals surface area (Å²) in [7, 11) is 0. The molecule has 0 atom stereocenters. The Morgan fingerprint density at radius 3 is 2.75 bits per heavy atom. The number of nitrogens with one attached hydrogen (secondary N) is 1. The van der Waals surface area contributed by atoms with E-state index < -0.39 is 0 Å². The van der Waals surface area contributed by atoms with Gasteiger partial charge in [0.2, 0.25) is 5.13 Å². The lowest BCUT2D eigenvalue weighted by atomic mass is 10.3. The standard InChI is InChI=1S/C13H8Cl2N4S/c14-8-4-5-10(9(15)7-8)17-13-18-12(19-20-13)11-3-1-2-6-16-11/h1-7H,(H,17,18,19). The summed E-state index contributed by atoms with van der Waals surface area (Å²) in [6.45, 7) is 0. The van der Waals surface area contributed by atoms with E-state index in [1.54, 1.807) is 24.4 Å². The van der Waals surface area contributed by atoms with E-state index in [-0.39, 0.29) is 0 Å². The molecular formula is C13H8Cl2N4S. The Balaban J connectivity index is 1.84. The van der Waals surface area contributed by atoms with Gasteiger partial charge in [-0.15, -0.1) is 0 Å². The summed E-state index contributed by atoms with van der Waals surface area (Å²) >= 11 is 13.2. The molecule has 0 spiro atoms. The van der Waals surface area contributed by atoms with Crippen molar-refractivity contribution in [3.63, 3.8) is 0 Å². The van der Waals surface area contributed by atoms with E-state index in [0.717, 1.165) is 11.4 Å². The average molecular weight is 323 g/mol. The van der Waals surface area contributed by atoms with Crippen LogP contribution in [0.15, 0.2) is 42.6 Å². The summed E-state index contributed by atoms with van der Waals surface area (Å²) in [4.78, 5) is 8.59. The van der Waals surface area contributed by atoms with Gasteiger partial charge in [-0.1, -0.05) is 29.3 Å². The zero-order valence-corrected chi connectivity index (χ0v) is 12.4. The van der Waals surface area contributed by atoms with Crippen molar-refractivity contribution in [3.05, 3.63) is 52.6 Å². The van der Waals surface area contributed by atoms with E-state index in [1.165, 1.54) is 11.5 Å². The fourth-order valence-electron chi connectivity index (χ4n) is 1.58. The molecule has 3 aromatic rings. The molecule has 0 radical (unpaired) electrons. The van der Waals surface area contributed by atoms with Gasteiger partial charge in [0.1, 0.15) is 5.69 Å². The topological polar surface area (TPSA) is 50.7 Å². The molecule has 4 nitrogen and oxygen atoms in total. The number of hydrogen-bond acceptors (Lipinski definition) is 5. The fraction of sp³-hybridized carbons (Fsp3) is 0. The maximum absolute atomic E-state index is 6.10. The van der Waals surface area contributed by atoms with Crippen LogP contribution < -0.4 is 5.32 Å². The van der Waals surface area contributed by atoms with Crippen LogP contribution in [-0.4, -0.2) is 14.3 Å². The minimum Gasteiger partial charge on any atom is -0.329 e. The number of rotatable bonds is 3. The molecule has 3 rings (SSSR count). The van der Waals surface area contributed by atoms with Crippen molar-refractivity contribution in [3.8, 4) is 11.5 Å². The van der Waals surface area contributed by atoms with Gasteiger partial charge < -0.3 is 5.32 Å². The van der Waals surface area contributed by atoms with Crippen molar-refractivity contribution < 1.29 is 0 Å². The lowest BCUT2D eigenvalue weighted by Gasteiger charge is -2.04. The first-order valence-electron chi connectivity index (χ1n) is 5.69. The van der Waals surface area contributed by atoms with Crippen molar-refractivity contribution in [2.24, 2.45) is 0 Å². The molecule has 0 aliphatic carbocycles. The highest BCUT2D eigenvalue weighted by Crippen LogP contribution is 2.29. The molecule has 0 aliphatic heterocycles. The molecule has 100 valence electrons. The number of anilines is 2. The van der Waals surface area contributed by atoms with E-state index in [2.05, 4.69) is 19.7 Å². The number of aromatic nitrogens is 3.